The normalized spacial score (nSPS) is 8.94. The van der Waals surface area contributed by atoms with Gasteiger partial charge >= 0.3 is 0 Å². The van der Waals surface area contributed by atoms with Gasteiger partial charge in [-0.2, -0.15) is 0 Å². The Labute approximate surface area is 95.6 Å². The second-order valence-electron chi connectivity index (χ2n) is 2.47. The smallest absolute Gasteiger partial charge is 0.294 e. The van der Waals surface area contributed by atoms with Crippen molar-refractivity contribution in [2.75, 3.05) is 6.61 Å². The highest BCUT2D eigenvalue weighted by molar-refractivity contribution is 6.32. The molecule has 0 radical (unpaired) electrons. The minimum Gasteiger partial charge on any atom is -0.397 e. The van der Waals surface area contributed by atoms with Gasteiger partial charge in [0.15, 0.2) is 0 Å². The molecule has 0 unspecified atom stereocenters. The van der Waals surface area contributed by atoms with Crippen molar-refractivity contribution in [3.05, 3.63) is 43.5 Å². The van der Waals surface area contributed by atoms with Gasteiger partial charge in [-0.3, -0.25) is 20.2 Å². The maximum absolute atomic E-state index is 10.3. The predicted octanol–water partition coefficient (Wildman–Crippen LogP) is 2.16. The van der Waals surface area contributed by atoms with Crippen LogP contribution in [-0.2, 0) is 0 Å². The summed E-state index contributed by atoms with van der Waals surface area (Å²) in [6, 6.07) is 3.05. The highest BCUT2D eigenvalue weighted by Crippen LogP contribution is 2.28. The first-order valence-corrected chi connectivity index (χ1v) is 4.51. The van der Waals surface area contributed by atoms with Crippen molar-refractivity contribution < 1.29 is 15.0 Å². The van der Waals surface area contributed by atoms with E-state index in [1.165, 1.54) is 0 Å². The van der Waals surface area contributed by atoms with Gasteiger partial charge < -0.3 is 5.11 Å². The van der Waals surface area contributed by atoms with E-state index in [0.717, 1.165) is 18.2 Å². The average Bonchev–Trinajstić information content (AvgIpc) is 2.18. The first-order chi connectivity index (χ1) is 7.43. The SMILES string of the molecule is CCO.O=[N+]([O-])c1ccc(Cl)c([N+](=O)[O-])c1. The molecule has 0 fully saturated rings. The minimum atomic E-state index is -0.769. The molecule has 0 aromatic heterocycles. The van der Waals surface area contributed by atoms with Crippen LogP contribution in [0.15, 0.2) is 18.2 Å². The van der Waals surface area contributed by atoms with Gasteiger partial charge in [-0.1, -0.05) is 11.6 Å². The Bertz CT molecular complexity index is 396. The lowest BCUT2D eigenvalue weighted by atomic mass is 10.3. The van der Waals surface area contributed by atoms with Crippen LogP contribution in [-0.4, -0.2) is 21.6 Å². The Morgan fingerprint density at radius 2 is 1.81 bits per heavy atom. The molecular formula is C8H9ClN2O5. The molecule has 1 aromatic rings. The van der Waals surface area contributed by atoms with Gasteiger partial charge in [-0.05, 0) is 13.0 Å². The maximum Gasteiger partial charge on any atom is 0.294 e. The molecule has 0 spiro atoms. The van der Waals surface area contributed by atoms with Crippen LogP contribution in [0.1, 0.15) is 6.92 Å². The molecule has 16 heavy (non-hydrogen) atoms. The molecule has 0 aliphatic heterocycles. The van der Waals surface area contributed by atoms with E-state index in [9.17, 15) is 20.2 Å². The van der Waals surface area contributed by atoms with Crippen molar-refractivity contribution in [2.24, 2.45) is 0 Å². The molecule has 0 saturated carbocycles. The highest BCUT2D eigenvalue weighted by atomic mass is 35.5. The maximum atomic E-state index is 10.3. The second-order valence-corrected chi connectivity index (χ2v) is 2.87. The number of nitro benzene ring substituents is 2. The van der Waals surface area contributed by atoms with Gasteiger partial charge in [0.05, 0.1) is 15.9 Å². The lowest BCUT2D eigenvalue weighted by Gasteiger charge is -1.94. The Kier molecular flexibility index (Phi) is 5.97. The average molecular weight is 249 g/mol. The van der Waals surface area contributed by atoms with E-state index in [1.54, 1.807) is 6.92 Å². The molecule has 0 saturated heterocycles. The second kappa shape index (κ2) is 6.70. The number of nitro groups is 2. The third-order valence-corrected chi connectivity index (χ3v) is 1.66. The molecule has 0 atom stereocenters. The lowest BCUT2D eigenvalue weighted by Crippen LogP contribution is -1.92. The molecule has 8 heteroatoms. The number of benzene rings is 1. The summed E-state index contributed by atoms with van der Waals surface area (Å²) in [5.74, 6) is 0. The van der Waals surface area contributed by atoms with E-state index in [2.05, 4.69) is 0 Å². The first kappa shape index (κ1) is 14.3. The summed E-state index contributed by atoms with van der Waals surface area (Å²) in [6.07, 6.45) is 0. The van der Waals surface area contributed by atoms with Crippen molar-refractivity contribution in [3.63, 3.8) is 0 Å². The largest absolute Gasteiger partial charge is 0.397 e. The van der Waals surface area contributed by atoms with Crippen molar-refractivity contribution in [2.45, 2.75) is 6.92 Å². The fourth-order valence-electron chi connectivity index (χ4n) is 0.755. The Morgan fingerprint density at radius 1 is 1.31 bits per heavy atom. The van der Waals surface area contributed by atoms with E-state index >= 15 is 0 Å². The predicted molar refractivity (Wildman–Crippen MR) is 57.5 cm³/mol. The molecule has 0 aliphatic rings. The topological polar surface area (TPSA) is 107 Å². The van der Waals surface area contributed by atoms with Gasteiger partial charge in [0.25, 0.3) is 11.4 Å². The Hall–Kier alpha value is -1.73. The van der Waals surface area contributed by atoms with Crippen LogP contribution < -0.4 is 0 Å². The Morgan fingerprint density at radius 3 is 2.19 bits per heavy atom. The summed E-state index contributed by atoms with van der Waals surface area (Å²) >= 11 is 5.43. The van der Waals surface area contributed by atoms with Crippen molar-refractivity contribution in [1.29, 1.82) is 0 Å². The van der Waals surface area contributed by atoms with Crippen LogP contribution in [0.3, 0.4) is 0 Å². The van der Waals surface area contributed by atoms with Crippen LogP contribution in [0, 0.1) is 20.2 Å². The standard InChI is InChI=1S/C6H3ClN2O4.C2H6O/c7-5-2-1-4(8(10)11)3-6(5)9(12)13;1-2-3/h1-3H;3H,2H2,1H3. The summed E-state index contributed by atoms with van der Waals surface area (Å²) in [4.78, 5) is 19.0. The zero-order chi connectivity index (χ0) is 12.7. The fourth-order valence-corrected chi connectivity index (χ4v) is 0.941. The number of aliphatic hydroxyl groups excluding tert-OH is 1. The number of non-ortho nitro benzene ring substituents is 1. The fraction of sp³-hybridized carbons (Fsp3) is 0.250. The van der Waals surface area contributed by atoms with Crippen molar-refractivity contribution in [1.82, 2.24) is 0 Å². The van der Waals surface area contributed by atoms with Gasteiger partial charge in [-0.25, -0.2) is 0 Å². The van der Waals surface area contributed by atoms with E-state index in [0.29, 0.717) is 0 Å². The Balaban J connectivity index is 0.000000673. The zero-order valence-corrected chi connectivity index (χ0v) is 9.05. The van der Waals surface area contributed by atoms with Crippen LogP contribution >= 0.6 is 11.6 Å². The van der Waals surface area contributed by atoms with E-state index in [4.69, 9.17) is 16.7 Å². The third-order valence-electron chi connectivity index (χ3n) is 1.34. The van der Waals surface area contributed by atoms with Crippen LogP contribution in [0.2, 0.25) is 5.02 Å². The van der Waals surface area contributed by atoms with Crippen LogP contribution in [0.4, 0.5) is 11.4 Å². The summed E-state index contributed by atoms with van der Waals surface area (Å²) in [6.45, 7) is 1.93. The van der Waals surface area contributed by atoms with Crippen molar-refractivity contribution in [3.8, 4) is 0 Å². The molecular weight excluding hydrogens is 240 g/mol. The third kappa shape index (κ3) is 4.20. The molecule has 0 bridgehead atoms. The summed E-state index contributed by atoms with van der Waals surface area (Å²) in [5, 5.41) is 28.0. The molecule has 1 aromatic carbocycles. The van der Waals surface area contributed by atoms with E-state index in [-0.39, 0.29) is 17.3 Å². The van der Waals surface area contributed by atoms with Crippen LogP contribution in [0.5, 0.6) is 0 Å². The molecule has 0 amide bonds. The van der Waals surface area contributed by atoms with Gasteiger partial charge in [0.1, 0.15) is 5.02 Å². The van der Waals surface area contributed by atoms with Crippen molar-refractivity contribution >= 4 is 23.0 Å². The monoisotopic (exact) mass is 248 g/mol. The number of aliphatic hydroxyl groups is 1. The van der Waals surface area contributed by atoms with Crippen LogP contribution in [0.25, 0.3) is 0 Å². The molecule has 0 aliphatic carbocycles. The number of halogens is 1. The molecule has 88 valence electrons. The lowest BCUT2D eigenvalue weighted by molar-refractivity contribution is -0.394. The molecule has 0 heterocycles. The van der Waals surface area contributed by atoms with Gasteiger partial charge in [0, 0.05) is 12.7 Å². The summed E-state index contributed by atoms with van der Waals surface area (Å²) < 4.78 is 0. The number of nitrogens with zero attached hydrogens (tertiary/aromatic N) is 2. The quantitative estimate of drug-likeness (QED) is 0.637. The first-order valence-electron chi connectivity index (χ1n) is 4.13. The summed E-state index contributed by atoms with van der Waals surface area (Å²) in [7, 11) is 0. The highest BCUT2D eigenvalue weighted by Gasteiger charge is 2.17. The minimum absolute atomic E-state index is 0.115. The van der Waals surface area contributed by atoms with Gasteiger partial charge in [0.2, 0.25) is 0 Å². The summed E-state index contributed by atoms with van der Waals surface area (Å²) in [5.41, 5.74) is -0.813. The van der Waals surface area contributed by atoms with Gasteiger partial charge in [-0.15, -0.1) is 0 Å². The zero-order valence-electron chi connectivity index (χ0n) is 8.29. The number of hydrogen-bond donors (Lipinski definition) is 1. The number of hydrogen-bond acceptors (Lipinski definition) is 5. The molecule has 1 rings (SSSR count). The van der Waals surface area contributed by atoms with E-state index < -0.39 is 15.5 Å². The molecule has 7 nitrogen and oxygen atoms in total. The van der Waals surface area contributed by atoms with E-state index in [1.807, 2.05) is 0 Å². The number of rotatable bonds is 2. The molecule has 1 N–H and O–H groups in total.